The zero-order valence-corrected chi connectivity index (χ0v) is 10.2. The third kappa shape index (κ3) is 8.05. The molecule has 0 aromatic carbocycles. The molecule has 0 aliphatic heterocycles. The molecule has 0 bridgehead atoms. The van der Waals surface area contributed by atoms with Gasteiger partial charge in [0.25, 0.3) is 0 Å². The molecule has 0 saturated heterocycles. The fourth-order valence-corrected chi connectivity index (χ4v) is 1.04. The van der Waals surface area contributed by atoms with Crippen LogP contribution in [0.3, 0.4) is 0 Å². The first kappa shape index (κ1) is 16.5. The van der Waals surface area contributed by atoms with Crippen molar-refractivity contribution in [2.24, 2.45) is 5.73 Å². The van der Waals surface area contributed by atoms with E-state index in [1.165, 1.54) is 0 Å². The van der Waals surface area contributed by atoms with Crippen LogP contribution in [0.1, 0.15) is 33.6 Å². The molecule has 0 spiro atoms. The van der Waals surface area contributed by atoms with Gasteiger partial charge < -0.3 is 15.8 Å². The Morgan fingerprint density at radius 2 is 2.07 bits per heavy atom. The Balaban J connectivity index is 0. The van der Waals surface area contributed by atoms with Gasteiger partial charge in [0, 0.05) is 0 Å². The Labute approximate surface area is 96.7 Å². The highest BCUT2D eigenvalue weighted by Gasteiger charge is 2.19. The molecule has 0 heterocycles. The molecule has 4 N–H and O–H groups in total. The molecule has 5 nitrogen and oxygen atoms in total. The molecular weight excluding hydrogens is 218 g/mol. The van der Waals surface area contributed by atoms with Gasteiger partial charge in [0.15, 0.2) is 5.96 Å². The zero-order chi connectivity index (χ0) is 11.1. The van der Waals surface area contributed by atoms with E-state index in [0.29, 0.717) is 6.42 Å². The minimum Gasteiger partial charge on any atom is -0.461 e. The molecule has 0 radical (unpaired) electrons. The lowest BCUT2D eigenvalue weighted by molar-refractivity contribution is -0.149. The van der Waals surface area contributed by atoms with Gasteiger partial charge in [-0.2, -0.15) is 0 Å². The normalized spacial score (nSPS) is 11.5. The lowest BCUT2D eigenvalue weighted by Gasteiger charge is -2.18. The van der Waals surface area contributed by atoms with Gasteiger partial charge in [0.2, 0.25) is 0 Å². The number of hydrogen-bond donors (Lipinski definition) is 3. The Morgan fingerprint density at radius 3 is 2.40 bits per heavy atom. The number of hydrogen-bond acceptors (Lipinski definition) is 3. The number of guanidine groups is 1. The standard InChI is InChI=1S/C9H19N3O2.ClH/c1-4-5-7(12-9(10)11)8(13)14-6(2)3;/h6-7H,4-5H2,1-3H3,(H4,10,11,12);1H. The molecular formula is C9H20ClN3O2. The van der Waals surface area contributed by atoms with E-state index in [0.717, 1.165) is 6.42 Å². The van der Waals surface area contributed by atoms with E-state index in [1.807, 2.05) is 6.92 Å². The third-order valence-electron chi connectivity index (χ3n) is 1.54. The van der Waals surface area contributed by atoms with Crippen LogP contribution in [-0.4, -0.2) is 24.1 Å². The Kier molecular flexibility index (Phi) is 9.16. The molecule has 1 unspecified atom stereocenters. The predicted octanol–water partition coefficient (Wildman–Crippen LogP) is 1.01. The number of nitrogens with two attached hydrogens (primary N) is 1. The first-order valence-electron chi connectivity index (χ1n) is 4.78. The van der Waals surface area contributed by atoms with E-state index in [9.17, 15) is 4.79 Å². The lowest BCUT2D eigenvalue weighted by atomic mass is 10.2. The number of carbonyl (C=O) groups is 1. The second-order valence-corrected chi connectivity index (χ2v) is 3.38. The fraction of sp³-hybridized carbons (Fsp3) is 0.778. The molecule has 0 aromatic rings. The van der Waals surface area contributed by atoms with Crippen molar-refractivity contribution in [2.75, 3.05) is 0 Å². The molecule has 90 valence electrons. The average molecular weight is 238 g/mol. The molecule has 1 atom stereocenters. The number of halogens is 1. The van der Waals surface area contributed by atoms with Crippen LogP contribution >= 0.6 is 12.4 Å². The van der Waals surface area contributed by atoms with Crippen molar-refractivity contribution >= 4 is 24.3 Å². The molecule has 0 amide bonds. The van der Waals surface area contributed by atoms with Crippen LogP contribution in [0.2, 0.25) is 0 Å². The third-order valence-corrected chi connectivity index (χ3v) is 1.54. The van der Waals surface area contributed by atoms with Gasteiger partial charge in [-0.25, -0.2) is 4.79 Å². The Hall–Kier alpha value is -0.970. The van der Waals surface area contributed by atoms with Crippen LogP contribution in [0, 0.1) is 5.41 Å². The Morgan fingerprint density at radius 1 is 1.53 bits per heavy atom. The lowest BCUT2D eigenvalue weighted by Crippen LogP contribution is -2.45. The van der Waals surface area contributed by atoms with Crippen LogP contribution < -0.4 is 11.1 Å². The van der Waals surface area contributed by atoms with Crippen molar-refractivity contribution in [3.63, 3.8) is 0 Å². The van der Waals surface area contributed by atoms with Gasteiger partial charge in [-0.1, -0.05) is 13.3 Å². The van der Waals surface area contributed by atoms with Gasteiger partial charge in [0.1, 0.15) is 6.04 Å². The summed E-state index contributed by atoms with van der Waals surface area (Å²) in [6.07, 6.45) is 1.30. The summed E-state index contributed by atoms with van der Waals surface area (Å²) in [6, 6.07) is -0.500. The van der Waals surface area contributed by atoms with E-state index in [4.69, 9.17) is 15.9 Å². The van der Waals surface area contributed by atoms with Gasteiger partial charge in [0.05, 0.1) is 6.10 Å². The molecule has 0 saturated carbocycles. The van der Waals surface area contributed by atoms with Crippen molar-refractivity contribution in [2.45, 2.75) is 45.8 Å². The van der Waals surface area contributed by atoms with Gasteiger partial charge in [-0.15, -0.1) is 12.4 Å². The quantitative estimate of drug-likeness (QED) is 0.378. The fourth-order valence-electron chi connectivity index (χ4n) is 1.04. The van der Waals surface area contributed by atoms with E-state index < -0.39 is 6.04 Å². The van der Waals surface area contributed by atoms with E-state index in [-0.39, 0.29) is 30.4 Å². The highest BCUT2D eigenvalue weighted by atomic mass is 35.5. The average Bonchev–Trinajstić information content (AvgIpc) is 2.01. The monoisotopic (exact) mass is 237 g/mol. The van der Waals surface area contributed by atoms with Crippen molar-refractivity contribution in [3.05, 3.63) is 0 Å². The summed E-state index contributed by atoms with van der Waals surface area (Å²) in [5.41, 5.74) is 5.16. The molecule has 0 aliphatic rings. The summed E-state index contributed by atoms with van der Waals surface area (Å²) in [5.74, 6) is -0.554. The summed E-state index contributed by atoms with van der Waals surface area (Å²) in [6.45, 7) is 5.53. The van der Waals surface area contributed by atoms with Crippen LogP contribution in [0.5, 0.6) is 0 Å². The molecule has 6 heteroatoms. The van der Waals surface area contributed by atoms with Crippen LogP contribution in [0.4, 0.5) is 0 Å². The zero-order valence-electron chi connectivity index (χ0n) is 9.37. The molecule has 0 fully saturated rings. The number of rotatable bonds is 5. The highest BCUT2D eigenvalue weighted by Crippen LogP contribution is 2.01. The predicted molar refractivity (Wildman–Crippen MR) is 62.2 cm³/mol. The summed E-state index contributed by atoms with van der Waals surface area (Å²) >= 11 is 0. The minimum atomic E-state index is -0.500. The number of nitrogens with one attached hydrogen (secondary N) is 2. The van der Waals surface area contributed by atoms with Gasteiger partial charge >= 0.3 is 5.97 Å². The molecule has 0 aromatic heterocycles. The molecule has 0 rings (SSSR count). The number of ether oxygens (including phenoxy) is 1. The summed E-state index contributed by atoms with van der Waals surface area (Å²) in [7, 11) is 0. The van der Waals surface area contributed by atoms with Gasteiger partial charge in [-0.3, -0.25) is 5.41 Å². The first-order chi connectivity index (χ1) is 6.47. The molecule has 0 aliphatic carbocycles. The maximum absolute atomic E-state index is 11.4. The second-order valence-electron chi connectivity index (χ2n) is 3.38. The number of carbonyl (C=O) groups excluding carboxylic acids is 1. The van der Waals surface area contributed by atoms with E-state index in [2.05, 4.69) is 5.32 Å². The topological polar surface area (TPSA) is 88.2 Å². The summed E-state index contributed by atoms with van der Waals surface area (Å²) < 4.78 is 5.01. The highest BCUT2D eigenvalue weighted by molar-refractivity contribution is 5.85. The van der Waals surface area contributed by atoms with Crippen molar-refractivity contribution < 1.29 is 9.53 Å². The largest absolute Gasteiger partial charge is 0.461 e. The molecule has 15 heavy (non-hydrogen) atoms. The van der Waals surface area contributed by atoms with E-state index >= 15 is 0 Å². The van der Waals surface area contributed by atoms with Crippen molar-refractivity contribution in [1.29, 1.82) is 5.41 Å². The van der Waals surface area contributed by atoms with Crippen molar-refractivity contribution in [3.8, 4) is 0 Å². The van der Waals surface area contributed by atoms with Crippen LogP contribution in [0.25, 0.3) is 0 Å². The summed E-state index contributed by atoms with van der Waals surface area (Å²) in [5, 5.41) is 9.61. The van der Waals surface area contributed by atoms with Crippen LogP contribution in [0.15, 0.2) is 0 Å². The van der Waals surface area contributed by atoms with Crippen LogP contribution in [-0.2, 0) is 9.53 Å². The maximum atomic E-state index is 11.4. The first-order valence-corrected chi connectivity index (χ1v) is 4.78. The maximum Gasteiger partial charge on any atom is 0.328 e. The smallest absolute Gasteiger partial charge is 0.328 e. The van der Waals surface area contributed by atoms with Crippen molar-refractivity contribution in [1.82, 2.24) is 5.32 Å². The SMILES string of the molecule is CCCC(NC(=N)N)C(=O)OC(C)C.Cl. The minimum absolute atomic E-state index is 0. The van der Waals surface area contributed by atoms with Gasteiger partial charge in [-0.05, 0) is 20.3 Å². The Bertz CT molecular complexity index is 210. The summed E-state index contributed by atoms with van der Waals surface area (Å²) in [4.78, 5) is 11.4. The van der Waals surface area contributed by atoms with E-state index in [1.54, 1.807) is 13.8 Å². The number of esters is 1. The second kappa shape index (κ2) is 8.35.